The van der Waals surface area contributed by atoms with Gasteiger partial charge in [0, 0.05) is 0 Å². The highest BCUT2D eigenvalue weighted by Crippen LogP contribution is 2.31. The van der Waals surface area contributed by atoms with E-state index in [4.69, 9.17) is 39.5 Å². The minimum Gasteiger partial charge on any atom is -0.465 e. The first-order valence-corrected chi connectivity index (χ1v) is 5.07. The summed E-state index contributed by atoms with van der Waals surface area (Å²) < 4.78 is 3.59. The maximum atomic E-state index is 9.36. The lowest BCUT2D eigenvalue weighted by molar-refractivity contribution is -0.0218. The Hall–Kier alpha value is -0.150. The number of hydrogen-bond donors (Lipinski definition) is 1. The second kappa shape index (κ2) is 5.08. The third-order valence-corrected chi connectivity index (χ3v) is 1.88. The maximum absolute atomic E-state index is 9.36. The van der Waals surface area contributed by atoms with Gasteiger partial charge in [-0.25, -0.2) is 0 Å². The first-order valence-electron chi connectivity index (χ1n) is 3.94. The Bertz CT molecular complexity index is 271. The number of aliphatic hydroxyl groups excluding tert-OH is 1. The molecule has 1 atom stereocenters. The highest BCUT2D eigenvalue weighted by atomic mass is 35.6. The molecule has 0 saturated heterocycles. The lowest BCUT2D eigenvalue weighted by Gasteiger charge is -2.17. The molecule has 0 aliphatic carbocycles. The van der Waals surface area contributed by atoms with E-state index in [0.29, 0.717) is 5.75 Å². The maximum Gasteiger partial charge on any atom is 0.201 e. The minimum absolute atomic E-state index is 0.0768. The topological polar surface area (TPSA) is 29.5 Å². The second-order valence-electron chi connectivity index (χ2n) is 2.70. The minimum atomic E-state index is -1.51. The quantitative estimate of drug-likeness (QED) is 0.664. The Morgan fingerprint density at radius 2 is 1.79 bits per heavy atom. The predicted molar refractivity (Wildman–Crippen MR) is 58.0 cm³/mol. The van der Waals surface area contributed by atoms with E-state index in [-0.39, 0.29) is 6.42 Å². The number of hydrogen-bond acceptors (Lipinski definition) is 2. The van der Waals surface area contributed by atoms with Crippen LogP contribution < -0.4 is 4.74 Å². The summed E-state index contributed by atoms with van der Waals surface area (Å²) in [5, 5.41) is 9.36. The summed E-state index contributed by atoms with van der Waals surface area (Å²) in [6.07, 6.45) is -1.20. The van der Waals surface area contributed by atoms with Crippen molar-refractivity contribution in [2.75, 3.05) is 0 Å². The summed E-state index contributed by atoms with van der Waals surface area (Å²) >= 11 is 16.5. The lowest BCUT2D eigenvalue weighted by atomic mass is 10.3. The number of para-hydroxylation sites is 1. The molecule has 0 radical (unpaired) electrons. The normalized spacial score (nSPS) is 13.7. The molecule has 0 saturated carbocycles. The van der Waals surface area contributed by atoms with Gasteiger partial charge in [-0.1, -0.05) is 53.0 Å². The van der Waals surface area contributed by atoms with Crippen molar-refractivity contribution < 1.29 is 9.84 Å². The highest BCUT2D eigenvalue weighted by molar-refractivity contribution is 6.67. The molecule has 1 unspecified atom stereocenters. The van der Waals surface area contributed by atoms with E-state index >= 15 is 0 Å². The molecule has 1 aromatic carbocycles. The van der Waals surface area contributed by atoms with Crippen molar-refractivity contribution in [2.45, 2.75) is 16.5 Å². The third-order valence-electron chi connectivity index (χ3n) is 1.42. The fourth-order valence-electron chi connectivity index (χ4n) is 0.896. The molecule has 14 heavy (non-hydrogen) atoms. The molecule has 0 aromatic heterocycles. The second-order valence-corrected chi connectivity index (χ2v) is 5.22. The first kappa shape index (κ1) is 11.9. The Kier molecular flexibility index (Phi) is 4.32. The molecule has 0 heterocycles. The zero-order valence-corrected chi connectivity index (χ0v) is 9.43. The summed E-state index contributed by atoms with van der Waals surface area (Å²) in [7, 11) is 0. The fourth-order valence-corrected chi connectivity index (χ4v) is 1.29. The molecule has 0 aliphatic heterocycles. The molecule has 5 heteroatoms. The van der Waals surface area contributed by atoms with Gasteiger partial charge in [-0.2, -0.15) is 0 Å². The number of aliphatic hydroxyl groups is 1. The molecule has 0 bridgehead atoms. The van der Waals surface area contributed by atoms with Gasteiger partial charge in [0.1, 0.15) is 5.75 Å². The zero-order chi connectivity index (χ0) is 10.6. The van der Waals surface area contributed by atoms with E-state index in [9.17, 15) is 5.11 Å². The molecule has 1 N–H and O–H groups in total. The molecule has 0 amide bonds. The van der Waals surface area contributed by atoms with Gasteiger partial charge in [0.25, 0.3) is 0 Å². The lowest BCUT2D eigenvalue weighted by Crippen LogP contribution is -2.22. The van der Waals surface area contributed by atoms with Crippen LogP contribution in [0.25, 0.3) is 0 Å². The summed E-state index contributed by atoms with van der Waals surface area (Å²) in [6, 6.07) is 8.84. The van der Waals surface area contributed by atoms with Gasteiger partial charge in [0.15, 0.2) is 3.79 Å². The Balaban J connectivity index is 2.46. The predicted octanol–water partition coefficient (Wildman–Crippen LogP) is 3.14. The molecule has 2 nitrogen and oxygen atoms in total. The van der Waals surface area contributed by atoms with Crippen molar-refractivity contribution in [1.29, 1.82) is 0 Å². The van der Waals surface area contributed by atoms with E-state index in [2.05, 4.69) is 0 Å². The molecule has 1 rings (SSSR count). The zero-order valence-electron chi connectivity index (χ0n) is 7.16. The summed E-state index contributed by atoms with van der Waals surface area (Å²) in [5.74, 6) is 0.536. The molecular weight excluding hydrogens is 246 g/mol. The first-order chi connectivity index (χ1) is 6.47. The van der Waals surface area contributed by atoms with E-state index in [1.807, 2.05) is 6.07 Å². The number of halogens is 3. The van der Waals surface area contributed by atoms with E-state index in [1.165, 1.54) is 0 Å². The molecule has 0 spiro atoms. The van der Waals surface area contributed by atoms with Crippen LogP contribution in [0, 0.1) is 0 Å². The van der Waals surface area contributed by atoms with Crippen LogP contribution in [-0.4, -0.2) is 15.2 Å². The van der Waals surface area contributed by atoms with Crippen LogP contribution in [0.3, 0.4) is 0 Å². The largest absolute Gasteiger partial charge is 0.465 e. The SMILES string of the molecule is OC(CC(Cl)(Cl)Cl)Oc1ccccc1. The van der Waals surface area contributed by atoms with Gasteiger partial charge in [-0.3, -0.25) is 0 Å². The van der Waals surface area contributed by atoms with Crippen LogP contribution in [-0.2, 0) is 0 Å². The van der Waals surface area contributed by atoms with Crippen molar-refractivity contribution in [3.63, 3.8) is 0 Å². The van der Waals surface area contributed by atoms with Crippen molar-refractivity contribution in [3.8, 4) is 5.75 Å². The average Bonchev–Trinajstić information content (AvgIpc) is 2.02. The van der Waals surface area contributed by atoms with Crippen LogP contribution in [0.15, 0.2) is 30.3 Å². The van der Waals surface area contributed by atoms with Gasteiger partial charge in [0.2, 0.25) is 6.29 Å². The van der Waals surface area contributed by atoms with E-state index in [1.54, 1.807) is 24.3 Å². The Labute approximate surface area is 97.3 Å². The standard InChI is InChI=1S/C9H9Cl3O2/c10-9(11,12)6-8(13)14-7-4-2-1-3-5-7/h1-5,8,13H,6H2. The summed E-state index contributed by atoms with van der Waals surface area (Å²) in [4.78, 5) is 0. The number of benzene rings is 1. The fraction of sp³-hybridized carbons (Fsp3) is 0.333. The van der Waals surface area contributed by atoms with Gasteiger partial charge >= 0.3 is 0 Å². The van der Waals surface area contributed by atoms with Crippen LogP contribution in [0.2, 0.25) is 0 Å². The van der Waals surface area contributed by atoms with Crippen LogP contribution in [0.1, 0.15) is 6.42 Å². The number of ether oxygens (including phenoxy) is 1. The molecule has 1 aromatic rings. The van der Waals surface area contributed by atoms with E-state index in [0.717, 1.165) is 0 Å². The third kappa shape index (κ3) is 4.91. The van der Waals surface area contributed by atoms with Gasteiger partial charge in [0.05, 0.1) is 6.42 Å². The number of alkyl halides is 3. The Morgan fingerprint density at radius 1 is 1.21 bits per heavy atom. The van der Waals surface area contributed by atoms with Crippen LogP contribution >= 0.6 is 34.8 Å². The van der Waals surface area contributed by atoms with Crippen LogP contribution in [0.4, 0.5) is 0 Å². The Morgan fingerprint density at radius 3 is 2.29 bits per heavy atom. The average molecular weight is 256 g/mol. The summed E-state index contributed by atoms with van der Waals surface area (Å²) in [5.41, 5.74) is 0. The van der Waals surface area contributed by atoms with Crippen molar-refractivity contribution in [2.24, 2.45) is 0 Å². The van der Waals surface area contributed by atoms with Crippen LogP contribution in [0.5, 0.6) is 5.75 Å². The summed E-state index contributed by atoms with van der Waals surface area (Å²) in [6.45, 7) is 0. The van der Waals surface area contributed by atoms with E-state index < -0.39 is 10.1 Å². The van der Waals surface area contributed by atoms with Crippen molar-refractivity contribution in [1.82, 2.24) is 0 Å². The van der Waals surface area contributed by atoms with Crippen molar-refractivity contribution >= 4 is 34.8 Å². The highest BCUT2D eigenvalue weighted by Gasteiger charge is 2.25. The van der Waals surface area contributed by atoms with Gasteiger partial charge in [-0.15, -0.1) is 0 Å². The van der Waals surface area contributed by atoms with Gasteiger partial charge < -0.3 is 9.84 Å². The molecule has 0 aliphatic rings. The molecular formula is C9H9Cl3O2. The van der Waals surface area contributed by atoms with Crippen molar-refractivity contribution in [3.05, 3.63) is 30.3 Å². The number of rotatable bonds is 3. The molecule has 78 valence electrons. The van der Waals surface area contributed by atoms with Gasteiger partial charge in [-0.05, 0) is 12.1 Å². The monoisotopic (exact) mass is 254 g/mol. The molecule has 0 fully saturated rings. The smallest absolute Gasteiger partial charge is 0.201 e.